The van der Waals surface area contributed by atoms with Crippen LogP contribution in [0.3, 0.4) is 0 Å². The number of ether oxygens (including phenoxy) is 1. The van der Waals surface area contributed by atoms with Crippen LogP contribution in [0, 0.1) is 10.1 Å². The molecule has 0 radical (unpaired) electrons. The van der Waals surface area contributed by atoms with E-state index in [1.807, 2.05) is 0 Å². The predicted octanol–water partition coefficient (Wildman–Crippen LogP) is -2.68. The SMILES string of the molecule is CCOC(=O)c1nnn(N=Cc2ccc([N+](=O)[O-])cc2)c1[O-].[Na+]. The molecular weight excluding hydrogens is 317 g/mol. The Kier molecular flexibility index (Phi) is 6.82. The zero-order valence-corrected chi connectivity index (χ0v) is 14.4. The summed E-state index contributed by atoms with van der Waals surface area (Å²) in [6, 6.07) is 5.50. The van der Waals surface area contributed by atoms with Crippen molar-refractivity contribution in [1.29, 1.82) is 0 Å². The van der Waals surface area contributed by atoms with Gasteiger partial charge in [-0.1, -0.05) is 0 Å². The summed E-state index contributed by atoms with van der Waals surface area (Å²) < 4.78 is 4.65. The van der Waals surface area contributed by atoms with Crippen molar-refractivity contribution in [2.45, 2.75) is 6.92 Å². The molecular formula is C12H10N5NaO5. The first kappa shape index (κ1) is 18.7. The summed E-state index contributed by atoms with van der Waals surface area (Å²) in [5.41, 5.74) is -0.00657. The van der Waals surface area contributed by atoms with Gasteiger partial charge in [-0.3, -0.25) is 10.1 Å². The quantitative estimate of drug-likeness (QED) is 0.192. The molecule has 11 heteroatoms. The third kappa shape index (κ3) is 4.58. The summed E-state index contributed by atoms with van der Waals surface area (Å²) in [5, 5.41) is 32.9. The van der Waals surface area contributed by atoms with Gasteiger partial charge in [0, 0.05) is 18.0 Å². The average molecular weight is 327 g/mol. The molecule has 0 bridgehead atoms. The van der Waals surface area contributed by atoms with Crippen LogP contribution in [0.15, 0.2) is 29.4 Å². The van der Waals surface area contributed by atoms with Gasteiger partial charge in [-0.05, 0) is 29.8 Å². The van der Waals surface area contributed by atoms with Gasteiger partial charge >= 0.3 is 35.5 Å². The van der Waals surface area contributed by atoms with Gasteiger partial charge in [-0.15, -0.1) is 9.89 Å². The molecule has 1 aromatic heterocycles. The maximum absolute atomic E-state index is 11.8. The first-order valence-electron chi connectivity index (χ1n) is 6.11. The Hall–Kier alpha value is -2.30. The molecule has 0 N–H and O–H groups in total. The van der Waals surface area contributed by atoms with Crippen LogP contribution in [0.2, 0.25) is 0 Å². The molecule has 0 unspecified atom stereocenters. The molecule has 0 aliphatic rings. The van der Waals surface area contributed by atoms with Crippen molar-refractivity contribution >= 4 is 17.9 Å². The van der Waals surface area contributed by atoms with Crippen LogP contribution in [-0.4, -0.2) is 38.8 Å². The maximum atomic E-state index is 11.8. The number of aromatic nitrogens is 3. The van der Waals surface area contributed by atoms with E-state index in [-0.39, 0.29) is 41.9 Å². The summed E-state index contributed by atoms with van der Waals surface area (Å²) in [6.45, 7) is 1.71. The molecule has 1 aromatic carbocycles. The summed E-state index contributed by atoms with van der Waals surface area (Å²) >= 11 is 0. The van der Waals surface area contributed by atoms with Gasteiger partial charge in [-0.25, -0.2) is 4.79 Å². The van der Waals surface area contributed by atoms with E-state index in [1.165, 1.54) is 30.5 Å². The number of nitro groups is 1. The number of carbonyl (C=O) groups excluding carboxylic acids is 1. The summed E-state index contributed by atoms with van der Waals surface area (Å²) in [7, 11) is 0. The standard InChI is InChI=1S/C12H11N5O5.Na/c1-2-22-12(19)10-11(18)16(15-14-10)13-7-8-3-5-9(6-4-8)17(20)21;/h3-7,18H,2H2,1H3;/q;+1/p-1. The van der Waals surface area contributed by atoms with Crippen molar-refractivity contribution in [2.24, 2.45) is 5.10 Å². The van der Waals surface area contributed by atoms with E-state index >= 15 is 0 Å². The van der Waals surface area contributed by atoms with Gasteiger partial charge in [0.15, 0.2) is 5.69 Å². The molecule has 0 aliphatic heterocycles. The number of benzene rings is 1. The summed E-state index contributed by atoms with van der Waals surface area (Å²) in [5.74, 6) is -1.68. The molecule has 0 atom stereocenters. The fourth-order valence-electron chi connectivity index (χ4n) is 1.47. The number of non-ortho nitro benzene ring substituents is 1. The summed E-state index contributed by atoms with van der Waals surface area (Å²) in [4.78, 5) is 22.0. The third-order valence-electron chi connectivity index (χ3n) is 2.50. The van der Waals surface area contributed by atoms with Gasteiger partial charge in [0.2, 0.25) is 0 Å². The molecule has 0 spiro atoms. The Balaban J connectivity index is 0.00000264. The number of hydrogen-bond donors (Lipinski definition) is 0. The number of carbonyl (C=O) groups is 1. The van der Waals surface area contributed by atoms with Gasteiger partial charge in [0.05, 0.1) is 17.7 Å². The molecule has 0 saturated carbocycles. The molecule has 0 fully saturated rings. The van der Waals surface area contributed by atoms with Crippen LogP contribution in [0.4, 0.5) is 5.69 Å². The Morgan fingerprint density at radius 3 is 2.65 bits per heavy atom. The molecule has 114 valence electrons. The van der Waals surface area contributed by atoms with Crippen LogP contribution in [0.5, 0.6) is 5.88 Å². The molecule has 2 aromatic rings. The minimum atomic E-state index is -0.871. The Morgan fingerprint density at radius 2 is 2.09 bits per heavy atom. The fraction of sp³-hybridized carbons (Fsp3) is 0.167. The Labute approximate surface area is 152 Å². The molecule has 23 heavy (non-hydrogen) atoms. The number of nitro benzene ring substituents is 1. The second-order valence-corrected chi connectivity index (χ2v) is 3.95. The molecule has 0 saturated heterocycles. The number of nitrogens with zero attached hydrogens (tertiary/aromatic N) is 5. The van der Waals surface area contributed by atoms with Crippen molar-refractivity contribution in [3.63, 3.8) is 0 Å². The molecule has 10 nitrogen and oxygen atoms in total. The second kappa shape index (κ2) is 8.36. The van der Waals surface area contributed by atoms with E-state index in [2.05, 4.69) is 20.2 Å². The van der Waals surface area contributed by atoms with Gasteiger partial charge in [-0.2, -0.15) is 5.10 Å². The first-order valence-corrected chi connectivity index (χ1v) is 6.11. The number of hydrogen-bond acceptors (Lipinski definition) is 8. The number of esters is 1. The monoisotopic (exact) mass is 327 g/mol. The zero-order chi connectivity index (χ0) is 16.1. The Morgan fingerprint density at radius 1 is 1.43 bits per heavy atom. The molecule has 0 aliphatic carbocycles. The van der Waals surface area contributed by atoms with Crippen molar-refractivity contribution in [2.75, 3.05) is 6.61 Å². The average Bonchev–Trinajstić information content (AvgIpc) is 2.87. The van der Waals surface area contributed by atoms with Gasteiger partial charge in [0.25, 0.3) is 5.69 Å². The summed E-state index contributed by atoms with van der Waals surface area (Å²) in [6.07, 6.45) is 1.26. The topological polar surface area (TPSA) is 136 Å². The van der Waals surface area contributed by atoms with E-state index in [0.29, 0.717) is 10.4 Å². The van der Waals surface area contributed by atoms with Crippen molar-refractivity contribution < 1.29 is 49.1 Å². The normalized spacial score (nSPS) is 10.3. The minimum absolute atomic E-state index is 0. The van der Waals surface area contributed by atoms with Crippen LogP contribution < -0.4 is 34.7 Å². The van der Waals surface area contributed by atoms with Crippen molar-refractivity contribution in [3.05, 3.63) is 45.6 Å². The minimum Gasteiger partial charge on any atom is -0.856 e. The van der Waals surface area contributed by atoms with E-state index < -0.39 is 22.5 Å². The second-order valence-electron chi connectivity index (χ2n) is 3.95. The van der Waals surface area contributed by atoms with Crippen LogP contribution >= 0.6 is 0 Å². The fourth-order valence-corrected chi connectivity index (χ4v) is 1.47. The van der Waals surface area contributed by atoms with Crippen LogP contribution in [-0.2, 0) is 4.74 Å². The van der Waals surface area contributed by atoms with Crippen LogP contribution in [0.25, 0.3) is 0 Å². The third-order valence-corrected chi connectivity index (χ3v) is 2.50. The largest absolute Gasteiger partial charge is 1.00 e. The maximum Gasteiger partial charge on any atom is 1.00 e. The predicted molar refractivity (Wildman–Crippen MR) is 71.5 cm³/mol. The van der Waals surface area contributed by atoms with E-state index in [4.69, 9.17) is 0 Å². The van der Waals surface area contributed by atoms with Crippen molar-refractivity contribution in [1.82, 2.24) is 15.1 Å². The number of rotatable bonds is 5. The van der Waals surface area contributed by atoms with Gasteiger partial charge in [0.1, 0.15) is 0 Å². The van der Waals surface area contributed by atoms with E-state index in [0.717, 1.165) is 0 Å². The molecule has 2 rings (SSSR count). The van der Waals surface area contributed by atoms with Crippen molar-refractivity contribution in [3.8, 4) is 5.88 Å². The first-order chi connectivity index (χ1) is 10.5. The van der Waals surface area contributed by atoms with E-state index in [1.54, 1.807) is 6.92 Å². The zero-order valence-electron chi connectivity index (χ0n) is 12.4. The molecule has 0 amide bonds. The Bertz CT molecular complexity index is 728. The molecule has 1 heterocycles. The van der Waals surface area contributed by atoms with Crippen LogP contribution in [0.1, 0.15) is 23.0 Å². The smallest absolute Gasteiger partial charge is 0.856 e. The van der Waals surface area contributed by atoms with Gasteiger partial charge < -0.3 is 9.84 Å². The van der Waals surface area contributed by atoms with E-state index in [9.17, 15) is 20.0 Å².